The lowest BCUT2D eigenvalue weighted by atomic mass is 10.0. The fourth-order valence-electron chi connectivity index (χ4n) is 1.80. The zero-order valence-electron chi connectivity index (χ0n) is 12.6. The molecular formula is C14H20N2O5. The summed E-state index contributed by atoms with van der Waals surface area (Å²) in [5.74, 6) is 0.660. The van der Waals surface area contributed by atoms with Gasteiger partial charge in [-0.1, -0.05) is 6.07 Å². The molecule has 0 spiro atoms. The maximum absolute atomic E-state index is 11.5. The Morgan fingerprint density at radius 1 is 1.14 bits per heavy atom. The molecular weight excluding hydrogens is 276 g/mol. The van der Waals surface area contributed by atoms with Crippen molar-refractivity contribution >= 4 is 12.0 Å². The average molecular weight is 296 g/mol. The average Bonchev–Trinajstić information content (AvgIpc) is 2.52. The van der Waals surface area contributed by atoms with E-state index in [1.54, 1.807) is 18.2 Å². The number of benzene rings is 1. The lowest BCUT2D eigenvalue weighted by molar-refractivity contribution is -0.141. The number of carbonyl (C=O) groups excluding carboxylic acids is 2. The second-order valence-corrected chi connectivity index (χ2v) is 4.17. The second-order valence-electron chi connectivity index (χ2n) is 4.17. The molecule has 2 N–H and O–H groups in total. The molecule has 0 aliphatic rings. The highest BCUT2D eigenvalue weighted by Crippen LogP contribution is 2.31. The molecule has 1 atom stereocenters. The zero-order chi connectivity index (χ0) is 15.8. The lowest BCUT2D eigenvalue weighted by Crippen LogP contribution is -2.36. The van der Waals surface area contributed by atoms with Gasteiger partial charge in [-0.2, -0.15) is 0 Å². The van der Waals surface area contributed by atoms with Crippen molar-refractivity contribution in [2.24, 2.45) is 0 Å². The molecule has 7 heteroatoms. The molecule has 7 nitrogen and oxygen atoms in total. The number of amides is 2. The van der Waals surface area contributed by atoms with Gasteiger partial charge in [-0.05, 0) is 17.7 Å². The number of carbonyl (C=O) groups is 2. The largest absolute Gasteiger partial charge is 0.493 e. The molecule has 1 rings (SSSR count). The fraction of sp³-hybridized carbons (Fsp3) is 0.429. The van der Waals surface area contributed by atoms with Gasteiger partial charge in [-0.25, -0.2) is 4.79 Å². The highest BCUT2D eigenvalue weighted by molar-refractivity contribution is 5.76. The number of hydrogen-bond acceptors (Lipinski definition) is 5. The molecule has 0 saturated carbocycles. The Morgan fingerprint density at radius 2 is 1.81 bits per heavy atom. The van der Waals surface area contributed by atoms with Crippen LogP contribution in [0, 0.1) is 0 Å². The molecule has 1 unspecified atom stereocenters. The van der Waals surface area contributed by atoms with E-state index in [1.807, 2.05) is 0 Å². The van der Waals surface area contributed by atoms with Gasteiger partial charge in [0.25, 0.3) is 0 Å². The van der Waals surface area contributed by atoms with Gasteiger partial charge in [0.15, 0.2) is 11.5 Å². The highest BCUT2D eigenvalue weighted by Gasteiger charge is 2.20. The third-order valence-corrected chi connectivity index (χ3v) is 2.94. The van der Waals surface area contributed by atoms with Crippen LogP contribution in [0.5, 0.6) is 11.5 Å². The quantitative estimate of drug-likeness (QED) is 0.771. The summed E-state index contributed by atoms with van der Waals surface area (Å²) in [6, 6.07) is 4.26. The smallest absolute Gasteiger partial charge is 0.315 e. The van der Waals surface area contributed by atoms with Crippen molar-refractivity contribution in [1.29, 1.82) is 0 Å². The summed E-state index contributed by atoms with van der Waals surface area (Å²) >= 11 is 0. The molecule has 1 aromatic rings. The lowest BCUT2D eigenvalue weighted by Gasteiger charge is -2.19. The van der Waals surface area contributed by atoms with Gasteiger partial charge < -0.3 is 24.8 Å². The van der Waals surface area contributed by atoms with Crippen LogP contribution < -0.4 is 20.1 Å². The highest BCUT2D eigenvalue weighted by atomic mass is 16.5. The molecule has 0 aliphatic carbocycles. The van der Waals surface area contributed by atoms with Crippen LogP contribution in [0.4, 0.5) is 4.79 Å². The molecule has 0 aromatic heterocycles. The molecule has 0 aliphatic heterocycles. The number of esters is 1. The Bertz CT molecular complexity index is 486. The van der Waals surface area contributed by atoms with Crippen LogP contribution in [0.3, 0.4) is 0 Å². The Balaban J connectivity index is 3.06. The maximum Gasteiger partial charge on any atom is 0.315 e. The first kappa shape index (κ1) is 16.6. The van der Waals surface area contributed by atoms with Gasteiger partial charge in [-0.3, -0.25) is 4.79 Å². The number of urea groups is 1. The van der Waals surface area contributed by atoms with Crippen LogP contribution in [-0.2, 0) is 9.53 Å². The zero-order valence-corrected chi connectivity index (χ0v) is 12.6. The molecule has 0 heterocycles. The summed E-state index contributed by atoms with van der Waals surface area (Å²) in [6.07, 6.45) is 0.0133. The third kappa shape index (κ3) is 4.55. The summed E-state index contributed by atoms with van der Waals surface area (Å²) in [6.45, 7) is 0. The van der Waals surface area contributed by atoms with Gasteiger partial charge in [0, 0.05) is 7.05 Å². The summed E-state index contributed by atoms with van der Waals surface area (Å²) in [5.41, 5.74) is 0.710. The minimum Gasteiger partial charge on any atom is -0.493 e. The van der Waals surface area contributed by atoms with E-state index < -0.39 is 18.0 Å². The molecule has 0 saturated heterocycles. The summed E-state index contributed by atoms with van der Waals surface area (Å²) in [5, 5.41) is 5.14. The Labute approximate surface area is 123 Å². The topological polar surface area (TPSA) is 85.9 Å². The molecule has 0 fully saturated rings. The van der Waals surface area contributed by atoms with Crippen molar-refractivity contribution in [3.05, 3.63) is 23.8 Å². The maximum atomic E-state index is 11.5. The Morgan fingerprint density at radius 3 is 2.33 bits per heavy atom. The summed E-state index contributed by atoms with van der Waals surface area (Å²) in [4.78, 5) is 23.0. The van der Waals surface area contributed by atoms with Crippen LogP contribution in [0.1, 0.15) is 18.0 Å². The van der Waals surface area contributed by atoms with Gasteiger partial charge in [0.2, 0.25) is 0 Å². The molecule has 21 heavy (non-hydrogen) atoms. The van der Waals surface area contributed by atoms with Crippen molar-refractivity contribution in [3.8, 4) is 11.5 Å². The summed E-state index contributed by atoms with van der Waals surface area (Å²) in [7, 11) is 5.85. The standard InChI is InChI=1S/C14H20N2O5/c1-15-14(18)16-10(8-13(17)21-4)9-5-6-11(19-2)12(7-9)20-3/h5-7,10H,8H2,1-4H3,(H2,15,16,18). The van der Waals surface area contributed by atoms with Gasteiger partial charge in [-0.15, -0.1) is 0 Å². The Hall–Kier alpha value is -2.44. The van der Waals surface area contributed by atoms with E-state index in [-0.39, 0.29) is 6.42 Å². The number of ether oxygens (including phenoxy) is 3. The van der Waals surface area contributed by atoms with Crippen LogP contribution in [-0.4, -0.2) is 40.4 Å². The molecule has 1 aromatic carbocycles. The van der Waals surface area contributed by atoms with Crippen molar-refractivity contribution in [2.45, 2.75) is 12.5 Å². The van der Waals surface area contributed by atoms with E-state index in [9.17, 15) is 9.59 Å². The van der Waals surface area contributed by atoms with Crippen molar-refractivity contribution in [1.82, 2.24) is 10.6 Å². The van der Waals surface area contributed by atoms with E-state index in [1.165, 1.54) is 28.4 Å². The van der Waals surface area contributed by atoms with Gasteiger partial charge in [0.1, 0.15) is 0 Å². The summed E-state index contributed by atoms with van der Waals surface area (Å²) < 4.78 is 15.0. The molecule has 2 amide bonds. The van der Waals surface area contributed by atoms with E-state index >= 15 is 0 Å². The molecule has 0 bridgehead atoms. The van der Waals surface area contributed by atoms with Gasteiger partial charge in [0.05, 0.1) is 33.8 Å². The van der Waals surface area contributed by atoms with E-state index in [0.29, 0.717) is 17.1 Å². The number of methoxy groups -OCH3 is 3. The first-order valence-corrected chi connectivity index (χ1v) is 6.32. The van der Waals surface area contributed by atoms with E-state index in [4.69, 9.17) is 9.47 Å². The van der Waals surface area contributed by atoms with Crippen molar-refractivity contribution < 1.29 is 23.8 Å². The van der Waals surface area contributed by atoms with Crippen molar-refractivity contribution in [3.63, 3.8) is 0 Å². The predicted molar refractivity (Wildman–Crippen MR) is 76.5 cm³/mol. The number of hydrogen-bond donors (Lipinski definition) is 2. The Kier molecular flexibility index (Phi) is 6.32. The van der Waals surface area contributed by atoms with Crippen LogP contribution in [0.15, 0.2) is 18.2 Å². The second kappa shape index (κ2) is 7.98. The molecule has 116 valence electrons. The third-order valence-electron chi connectivity index (χ3n) is 2.94. The monoisotopic (exact) mass is 296 g/mol. The predicted octanol–water partition coefficient (Wildman–Crippen LogP) is 1.24. The minimum absolute atomic E-state index is 0.0133. The number of rotatable bonds is 6. The van der Waals surface area contributed by atoms with E-state index in [0.717, 1.165) is 0 Å². The van der Waals surface area contributed by atoms with Gasteiger partial charge >= 0.3 is 12.0 Å². The van der Waals surface area contributed by atoms with Crippen LogP contribution in [0.25, 0.3) is 0 Å². The number of nitrogens with one attached hydrogen (secondary N) is 2. The molecule has 0 radical (unpaired) electrons. The van der Waals surface area contributed by atoms with Crippen LogP contribution in [0.2, 0.25) is 0 Å². The SMILES string of the molecule is CNC(=O)NC(CC(=O)OC)c1ccc(OC)c(OC)c1. The van der Waals surface area contributed by atoms with Crippen molar-refractivity contribution in [2.75, 3.05) is 28.4 Å². The first-order valence-electron chi connectivity index (χ1n) is 6.32. The normalized spacial score (nSPS) is 11.2. The minimum atomic E-state index is -0.530. The first-order chi connectivity index (χ1) is 10.0. The van der Waals surface area contributed by atoms with E-state index in [2.05, 4.69) is 15.4 Å². The fourth-order valence-corrected chi connectivity index (χ4v) is 1.80. The van der Waals surface area contributed by atoms with Crippen LogP contribution >= 0.6 is 0 Å².